The van der Waals surface area contributed by atoms with Gasteiger partial charge in [-0.3, -0.25) is 0 Å². The first-order chi connectivity index (χ1) is 8.24. The summed E-state index contributed by atoms with van der Waals surface area (Å²) in [6.07, 6.45) is 2.32. The monoisotopic (exact) mass is 232 g/mol. The topological polar surface area (TPSA) is 24.1 Å². The molecule has 1 aliphatic rings. The lowest BCUT2D eigenvalue weighted by molar-refractivity contribution is 0.416. The highest BCUT2D eigenvalue weighted by Crippen LogP contribution is 2.11. The molecule has 0 aliphatic carbocycles. The van der Waals surface area contributed by atoms with Gasteiger partial charge >= 0.3 is 0 Å². The van der Waals surface area contributed by atoms with Crippen LogP contribution in [0.3, 0.4) is 0 Å². The van der Waals surface area contributed by atoms with Crippen LogP contribution in [0.4, 0.5) is 0 Å². The molecule has 2 N–H and O–H groups in total. The van der Waals surface area contributed by atoms with E-state index in [1.54, 1.807) is 0 Å². The van der Waals surface area contributed by atoms with Crippen molar-refractivity contribution < 1.29 is 0 Å². The molecule has 0 radical (unpaired) electrons. The standard InChI is InChI=1S/C15H24N2/c1-12(2)9-13-3-5-14(6-4-13)10-15-11-16-7-8-17-15/h3-6,12,15-17H,7-11H2,1-2H3. The third-order valence-electron chi connectivity index (χ3n) is 3.27. The molecule has 17 heavy (non-hydrogen) atoms. The first-order valence-corrected chi connectivity index (χ1v) is 6.76. The van der Waals surface area contributed by atoms with E-state index in [1.807, 2.05) is 0 Å². The van der Waals surface area contributed by atoms with Gasteiger partial charge in [-0.05, 0) is 29.9 Å². The minimum atomic E-state index is 0.597. The summed E-state index contributed by atoms with van der Waals surface area (Å²) in [4.78, 5) is 0. The lowest BCUT2D eigenvalue weighted by atomic mass is 9.99. The molecule has 1 aromatic rings. The van der Waals surface area contributed by atoms with Crippen molar-refractivity contribution in [2.45, 2.75) is 32.7 Å². The largest absolute Gasteiger partial charge is 0.314 e. The molecule has 1 unspecified atom stereocenters. The number of nitrogens with one attached hydrogen (secondary N) is 2. The van der Waals surface area contributed by atoms with Crippen molar-refractivity contribution in [1.82, 2.24) is 10.6 Å². The van der Waals surface area contributed by atoms with Gasteiger partial charge in [0.05, 0.1) is 0 Å². The van der Waals surface area contributed by atoms with E-state index in [-0.39, 0.29) is 0 Å². The van der Waals surface area contributed by atoms with Crippen LogP contribution in [0.1, 0.15) is 25.0 Å². The summed E-state index contributed by atoms with van der Waals surface area (Å²) in [6.45, 7) is 7.82. The number of benzene rings is 1. The van der Waals surface area contributed by atoms with E-state index in [1.165, 1.54) is 17.5 Å². The number of hydrogen-bond acceptors (Lipinski definition) is 2. The molecular weight excluding hydrogens is 208 g/mol. The predicted molar refractivity (Wildman–Crippen MR) is 73.3 cm³/mol. The molecule has 1 fully saturated rings. The quantitative estimate of drug-likeness (QED) is 0.829. The first kappa shape index (κ1) is 12.6. The Kier molecular flexibility index (Phi) is 4.57. The van der Waals surface area contributed by atoms with Gasteiger partial charge in [0.2, 0.25) is 0 Å². The van der Waals surface area contributed by atoms with Gasteiger partial charge in [-0.25, -0.2) is 0 Å². The fraction of sp³-hybridized carbons (Fsp3) is 0.600. The minimum absolute atomic E-state index is 0.597. The average molecular weight is 232 g/mol. The predicted octanol–water partition coefficient (Wildman–Crippen LogP) is 1.99. The Morgan fingerprint density at radius 1 is 1.12 bits per heavy atom. The zero-order chi connectivity index (χ0) is 12.1. The SMILES string of the molecule is CC(C)Cc1ccc(CC2CNCCN2)cc1. The molecule has 94 valence electrons. The Morgan fingerprint density at radius 3 is 2.41 bits per heavy atom. The minimum Gasteiger partial charge on any atom is -0.314 e. The van der Waals surface area contributed by atoms with Crippen molar-refractivity contribution in [3.63, 3.8) is 0 Å². The summed E-state index contributed by atoms with van der Waals surface area (Å²) in [5.74, 6) is 0.741. The fourth-order valence-electron chi connectivity index (χ4n) is 2.42. The van der Waals surface area contributed by atoms with E-state index >= 15 is 0 Å². The molecule has 2 rings (SSSR count). The van der Waals surface area contributed by atoms with Gasteiger partial charge in [-0.2, -0.15) is 0 Å². The molecule has 1 saturated heterocycles. The van der Waals surface area contributed by atoms with Crippen molar-refractivity contribution in [2.75, 3.05) is 19.6 Å². The van der Waals surface area contributed by atoms with Gasteiger partial charge in [0, 0.05) is 25.7 Å². The maximum atomic E-state index is 3.55. The van der Waals surface area contributed by atoms with Gasteiger partial charge in [-0.1, -0.05) is 38.1 Å². The third-order valence-corrected chi connectivity index (χ3v) is 3.27. The molecule has 0 aromatic heterocycles. The van der Waals surface area contributed by atoms with Crippen molar-refractivity contribution in [2.24, 2.45) is 5.92 Å². The van der Waals surface area contributed by atoms with Crippen LogP contribution in [0.15, 0.2) is 24.3 Å². The highest BCUT2D eigenvalue weighted by atomic mass is 15.0. The van der Waals surface area contributed by atoms with Crippen molar-refractivity contribution in [3.8, 4) is 0 Å². The van der Waals surface area contributed by atoms with Crippen LogP contribution in [0.2, 0.25) is 0 Å². The lowest BCUT2D eigenvalue weighted by Crippen LogP contribution is -2.49. The van der Waals surface area contributed by atoms with E-state index in [0.29, 0.717) is 6.04 Å². The Hall–Kier alpha value is -0.860. The lowest BCUT2D eigenvalue weighted by Gasteiger charge is -2.24. The van der Waals surface area contributed by atoms with Gasteiger partial charge in [0.25, 0.3) is 0 Å². The highest BCUT2D eigenvalue weighted by Gasteiger charge is 2.12. The highest BCUT2D eigenvalue weighted by molar-refractivity contribution is 5.23. The summed E-state index contributed by atoms with van der Waals surface area (Å²) in [6, 6.07) is 9.74. The zero-order valence-corrected chi connectivity index (χ0v) is 11.0. The molecule has 0 spiro atoms. The van der Waals surface area contributed by atoms with Crippen molar-refractivity contribution in [3.05, 3.63) is 35.4 Å². The molecule has 2 heteroatoms. The van der Waals surface area contributed by atoms with Crippen molar-refractivity contribution >= 4 is 0 Å². The normalized spacial score (nSPS) is 20.8. The molecule has 1 atom stereocenters. The maximum absolute atomic E-state index is 3.55. The van der Waals surface area contributed by atoms with E-state index < -0.39 is 0 Å². The Morgan fingerprint density at radius 2 is 1.82 bits per heavy atom. The van der Waals surface area contributed by atoms with Crippen LogP contribution in [-0.2, 0) is 12.8 Å². The van der Waals surface area contributed by atoms with Crippen LogP contribution in [0.25, 0.3) is 0 Å². The molecule has 0 amide bonds. The van der Waals surface area contributed by atoms with Crippen LogP contribution in [-0.4, -0.2) is 25.7 Å². The van der Waals surface area contributed by atoms with Gasteiger partial charge in [0.1, 0.15) is 0 Å². The van der Waals surface area contributed by atoms with Gasteiger partial charge in [0.15, 0.2) is 0 Å². The van der Waals surface area contributed by atoms with Crippen LogP contribution < -0.4 is 10.6 Å². The van der Waals surface area contributed by atoms with Crippen LogP contribution >= 0.6 is 0 Å². The van der Waals surface area contributed by atoms with E-state index in [2.05, 4.69) is 48.7 Å². The average Bonchev–Trinajstić information content (AvgIpc) is 2.32. The van der Waals surface area contributed by atoms with Crippen LogP contribution in [0.5, 0.6) is 0 Å². The fourth-order valence-corrected chi connectivity index (χ4v) is 2.42. The molecular formula is C15H24N2. The Balaban J connectivity index is 1.88. The van der Waals surface area contributed by atoms with E-state index in [9.17, 15) is 0 Å². The summed E-state index contributed by atoms with van der Waals surface area (Å²) < 4.78 is 0. The maximum Gasteiger partial charge on any atom is 0.0233 e. The van der Waals surface area contributed by atoms with Crippen molar-refractivity contribution in [1.29, 1.82) is 0 Å². The van der Waals surface area contributed by atoms with Crippen LogP contribution in [0, 0.1) is 5.92 Å². The van der Waals surface area contributed by atoms with E-state index in [4.69, 9.17) is 0 Å². The van der Waals surface area contributed by atoms with Gasteiger partial charge < -0.3 is 10.6 Å². The first-order valence-electron chi connectivity index (χ1n) is 6.76. The second-order valence-corrected chi connectivity index (χ2v) is 5.47. The van der Waals surface area contributed by atoms with Gasteiger partial charge in [-0.15, -0.1) is 0 Å². The summed E-state index contributed by atoms with van der Waals surface area (Å²) in [5.41, 5.74) is 2.90. The molecule has 0 saturated carbocycles. The second kappa shape index (κ2) is 6.18. The smallest absolute Gasteiger partial charge is 0.0233 e. The molecule has 1 heterocycles. The second-order valence-electron chi connectivity index (χ2n) is 5.47. The number of hydrogen-bond donors (Lipinski definition) is 2. The number of rotatable bonds is 4. The zero-order valence-electron chi connectivity index (χ0n) is 11.0. The molecule has 2 nitrogen and oxygen atoms in total. The summed E-state index contributed by atoms with van der Waals surface area (Å²) in [5, 5.41) is 6.98. The number of piperazine rings is 1. The van der Waals surface area contributed by atoms with E-state index in [0.717, 1.165) is 32.0 Å². The summed E-state index contributed by atoms with van der Waals surface area (Å²) in [7, 11) is 0. The molecule has 1 aliphatic heterocycles. The third kappa shape index (κ3) is 4.14. The Labute approximate surface area is 105 Å². The molecule has 0 bridgehead atoms. The Bertz CT molecular complexity index is 323. The molecule has 1 aromatic carbocycles. The summed E-state index contributed by atoms with van der Waals surface area (Å²) >= 11 is 0.